The number of carbonyl (C=O) groups excluding carboxylic acids is 1. The Morgan fingerprint density at radius 3 is 2.67 bits per heavy atom. The van der Waals surface area contributed by atoms with Gasteiger partial charge in [-0.3, -0.25) is 4.55 Å². The molecule has 0 aromatic heterocycles. The first-order valence-corrected chi connectivity index (χ1v) is 13.5. The van der Waals surface area contributed by atoms with E-state index in [1.807, 2.05) is 13.8 Å². The molecule has 1 N–H and O–H groups in total. The van der Waals surface area contributed by atoms with Crippen LogP contribution >= 0.6 is 0 Å². The lowest BCUT2D eigenvalue weighted by atomic mass is 9.80. The molecule has 0 spiro atoms. The Bertz CT molecular complexity index is 964. The zero-order valence-corrected chi connectivity index (χ0v) is 19.9. The second kappa shape index (κ2) is 9.88. The van der Waals surface area contributed by atoms with Crippen molar-refractivity contribution >= 4 is 16.1 Å². The summed E-state index contributed by atoms with van der Waals surface area (Å²) in [4.78, 5) is 12.3. The molecule has 3 aliphatic carbocycles. The van der Waals surface area contributed by atoms with Gasteiger partial charge in [-0.05, 0) is 74.0 Å². The predicted octanol–water partition coefficient (Wildman–Crippen LogP) is 4.46. The first-order valence-electron chi connectivity index (χ1n) is 11.9. The minimum absolute atomic E-state index is 0.0149. The average Bonchev–Trinajstić information content (AvgIpc) is 3.45. The molecule has 3 saturated carbocycles. The standard InChI is InChI=1S/C24H33FO7S/c1-14(2)24(31-21-13-16-11-19(21)18-6-3-5-17(16)18)32-22-12-15(7-8-20(22)25)23(26)30-9-4-10-33(27,28)29/h7-8,12,14,16-19,21,24H,3-6,9-11,13H2,1-2H3,(H,27,28,29). The molecule has 6 atom stereocenters. The van der Waals surface area contributed by atoms with Gasteiger partial charge in [0.25, 0.3) is 10.1 Å². The van der Waals surface area contributed by atoms with Crippen molar-refractivity contribution in [1.29, 1.82) is 0 Å². The van der Waals surface area contributed by atoms with E-state index in [1.54, 1.807) is 0 Å². The topological polar surface area (TPSA) is 99.1 Å². The highest BCUT2D eigenvalue weighted by Crippen LogP contribution is 2.59. The number of hydrogen-bond donors (Lipinski definition) is 1. The van der Waals surface area contributed by atoms with Gasteiger partial charge in [-0.1, -0.05) is 20.3 Å². The van der Waals surface area contributed by atoms with E-state index >= 15 is 0 Å². The summed E-state index contributed by atoms with van der Waals surface area (Å²) < 4.78 is 62.1. The van der Waals surface area contributed by atoms with Crippen LogP contribution in [-0.4, -0.2) is 43.7 Å². The van der Waals surface area contributed by atoms with Gasteiger partial charge in [0, 0.05) is 5.92 Å². The van der Waals surface area contributed by atoms with Crippen LogP contribution in [0.5, 0.6) is 5.75 Å². The molecule has 2 bridgehead atoms. The number of benzene rings is 1. The molecule has 33 heavy (non-hydrogen) atoms. The van der Waals surface area contributed by atoms with Crippen molar-refractivity contribution in [1.82, 2.24) is 0 Å². The van der Waals surface area contributed by atoms with Crippen LogP contribution in [0, 0.1) is 35.4 Å². The highest BCUT2D eigenvalue weighted by molar-refractivity contribution is 7.85. The minimum Gasteiger partial charge on any atom is -0.462 e. The van der Waals surface area contributed by atoms with Crippen LogP contribution in [-0.2, 0) is 19.6 Å². The summed E-state index contributed by atoms with van der Waals surface area (Å²) in [7, 11) is -4.11. The smallest absolute Gasteiger partial charge is 0.338 e. The molecule has 3 aliphatic rings. The van der Waals surface area contributed by atoms with E-state index in [9.17, 15) is 17.6 Å². The largest absolute Gasteiger partial charge is 0.462 e. The van der Waals surface area contributed by atoms with Gasteiger partial charge in [-0.25, -0.2) is 9.18 Å². The van der Waals surface area contributed by atoms with E-state index in [2.05, 4.69) is 0 Å². The fourth-order valence-corrected chi connectivity index (χ4v) is 6.47. The van der Waals surface area contributed by atoms with Gasteiger partial charge in [-0.2, -0.15) is 8.42 Å². The van der Waals surface area contributed by atoms with Crippen LogP contribution in [0.3, 0.4) is 0 Å². The quantitative estimate of drug-likeness (QED) is 0.226. The zero-order valence-electron chi connectivity index (χ0n) is 19.1. The van der Waals surface area contributed by atoms with Gasteiger partial charge >= 0.3 is 5.97 Å². The number of rotatable bonds is 10. The number of ether oxygens (including phenoxy) is 3. The Hall–Kier alpha value is -1.71. The highest BCUT2D eigenvalue weighted by Gasteiger charge is 2.54. The number of halogens is 1. The molecule has 7 nitrogen and oxygen atoms in total. The van der Waals surface area contributed by atoms with Crippen molar-refractivity contribution in [2.45, 2.75) is 64.8 Å². The molecule has 0 heterocycles. The molecule has 4 rings (SSSR count). The van der Waals surface area contributed by atoms with Crippen LogP contribution in [0.15, 0.2) is 18.2 Å². The third-order valence-electron chi connectivity index (χ3n) is 7.41. The predicted molar refractivity (Wildman–Crippen MR) is 119 cm³/mol. The van der Waals surface area contributed by atoms with Crippen LogP contribution in [0.4, 0.5) is 4.39 Å². The maximum Gasteiger partial charge on any atom is 0.338 e. The molecular formula is C24H33FO7S. The lowest BCUT2D eigenvalue weighted by Gasteiger charge is -2.35. The summed E-state index contributed by atoms with van der Waals surface area (Å²) in [6.45, 7) is 3.74. The van der Waals surface area contributed by atoms with E-state index in [-0.39, 0.29) is 36.4 Å². The molecule has 9 heteroatoms. The Kier molecular flexibility index (Phi) is 7.31. The van der Waals surface area contributed by atoms with E-state index in [4.69, 9.17) is 18.8 Å². The minimum atomic E-state index is -4.11. The monoisotopic (exact) mass is 484 g/mol. The van der Waals surface area contributed by atoms with Gasteiger partial charge in [0.1, 0.15) is 0 Å². The summed E-state index contributed by atoms with van der Waals surface area (Å²) >= 11 is 0. The molecule has 184 valence electrons. The third kappa shape index (κ3) is 5.69. The van der Waals surface area contributed by atoms with Gasteiger partial charge < -0.3 is 14.2 Å². The van der Waals surface area contributed by atoms with Crippen molar-refractivity contribution in [3.05, 3.63) is 29.6 Å². The highest BCUT2D eigenvalue weighted by atomic mass is 32.2. The lowest BCUT2D eigenvalue weighted by molar-refractivity contribution is -0.163. The Morgan fingerprint density at radius 1 is 1.18 bits per heavy atom. The van der Waals surface area contributed by atoms with Gasteiger partial charge in [-0.15, -0.1) is 0 Å². The van der Waals surface area contributed by atoms with Crippen molar-refractivity contribution in [3.63, 3.8) is 0 Å². The zero-order chi connectivity index (χ0) is 23.8. The summed E-state index contributed by atoms with van der Waals surface area (Å²) in [5.41, 5.74) is 0.0921. The first kappa shape index (κ1) is 24.4. The summed E-state index contributed by atoms with van der Waals surface area (Å²) in [6, 6.07) is 3.71. The number of fused-ring (bicyclic) bond motifs is 5. The van der Waals surface area contributed by atoms with Crippen LogP contribution in [0.25, 0.3) is 0 Å². The third-order valence-corrected chi connectivity index (χ3v) is 8.22. The van der Waals surface area contributed by atoms with E-state index in [1.165, 1.54) is 37.8 Å². The fourth-order valence-electron chi connectivity index (χ4n) is 5.99. The van der Waals surface area contributed by atoms with E-state index in [0.29, 0.717) is 5.92 Å². The molecule has 1 aromatic carbocycles. The van der Waals surface area contributed by atoms with Crippen molar-refractivity contribution < 1.29 is 36.4 Å². The first-order chi connectivity index (χ1) is 15.6. The fraction of sp³-hybridized carbons (Fsp3) is 0.708. The van der Waals surface area contributed by atoms with Gasteiger partial charge in [0.05, 0.1) is 24.0 Å². The van der Waals surface area contributed by atoms with Crippen molar-refractivity contribution in [3.8, 4) is 5.75 Å². The molecule has 0 radical (unpaired) electrons. The van der Waals surface area contributed by atoms with E-state index in [0.717, 1.165) is 30.2 Å². The van der Waals surface area contributed by atoms with Crippen LogP contribution in [0.1, 0.15) is 62.7 Å². The van der Waals surface area contributed by atoms with Crippen molar-refractivity contribution in [2.24, 2.45) is 29.6 Å². The average molecular weight is 485 g/mol. The molecule has 0 amide bonds. The lowest BCUT2D eigenvalue weighted by Crippen LogP contribution is -2.37. The molecule has 3 fully saturated rings. The summed E-state index contributed by atoms with van der Waals surface area (Å²) in [6.07, 6.45) is 5.64. The maximum atomic E-state index is 14.5. The van der Waals surface area contributed by atoms with Gasteiger partial charge in [0.2, 0.25) is 6.29 Å². The molecular weight excluding hydrogens is 451 g/mol. The summed E-state index contributed by atoms with van der Waals surface area (Å²) in [5, 5.41) is 0. The molecule has 1 aromatic rings. The second-order valence-electron chi connectivity index (χ2n) is 9.98. The molecule has 0 saturated heterocycles. The van der Waals surface area contributed by atoms with Crippen LogP contribution in [0.2, 0.25) is 0 Å². The van der Waals surface area contributed by atoms with Crippen LogP contribution < -0.4 is 4.74 Å². The van der Waals surface area contributed by atoms with Gasteiger partial charge in [0.15, 0.2) is 11.6 Å². The van der Waals surface area contributed by atoms with E-state index < -0.39 is 33.9 Å². The second-order valence-corrected chi connectivity index (χ2v) is 11.6. The normalized spacial score (nSPS) is 29.3. The SMILES string of the molecule is CC(C)C(Oc1cc(C(=O)OCCCS(=O)(=O)O)ccc1F)OC1CC2CC1C1CCCC21. The number of carbonyl (C=O) groups is 1. The summed E-state index contributed by atoms with van der Waals surface area (Å²) in [5.74, 6) is 0.964. The Balaban J connectivity index is 1.37. The van der Waals surface area contributed by atoms with Crippen molar-refractivity contribution in [2.75, 3.05) is 12.4 Å². The maximum absolute atomic E-state index is 14.5. The molecule has 6 unspecified atom stereocenters. The number of esters is 1. The Morgan fingerprint density at radius 2 is 1.94 bits per heavy atom. The number of hydrogen-bond acceptors (Lipinski definition) is 6. The molecule has 0 aliphatic heterocycles. The Labute approximate surface area is 194 Å².